The Labute approximate surface area is 209 Å². The number of piperidine rings is 1. The van der Waals surface area contributed by atoms with Crippen LogP contribution in [0.5, 0.6) is 5.75 Å². The van der Waals surface area contributed by atoms with Gasteiger partial charge in [-0.3, -0.25) is 14.4 Å². The number of hydrogen-bond acceptors (Lipinski definition) is 6. The predicted molar refractivity (Wildman–Crippen MR) is 133 cm³/mol. The summed E-state index contributed by atoms with van der Waals surface area (Å²) in [5.74, 6) is -1.14. The van der Waals surface area contributed by atoms with Crippen LogP contribution in [-0.2, 0) is 4.79 Å². The van der Waals surface area contributed by atoms with E-state index < -0.39 is 23.2 Å². The summed E-state index contributed by atoms with van der Waals surface area (Å²) in [6, 6.07) is 11.4. The van der Waals surface area contributed by atoms with Gasteiger partial charge in [0.1, 0.15) is 23.2 Å². The van der Waals surface area contributed by atoms with Gasteiger partial charge < -0.3 is 25.4 Å². The van der Waals surface area contributed by atoms with Gasteiger partial charge in [0.05, 0.1) is 23.9 Å². The molecule has 0 bridgehead atoms. The minimum Gasteiger partial charge on any atom is -0.496 e. The molecule has 1 unspecified atom stereocenters. The number of carbonyl (C=O) groups is 3. The lowest BCUT2D eigenvalue weighted by Gasteiger charge is -2.35. The molecule has 4 rings (SSSR count). The third-order valence-electron chi connectivity index (χ3n) is 7.01. The van der Waals surface area contributed by atoms with Crippen LogP contribution in [0.25, 0.3) is 0 Å². The largest absolute Gasteiger partial charge is 0.496 e. The maximum Gasteiger partial charge on any atom is 0.255 e. The fourth-order valence-corrected chi connectivity index (χ4v) is 4.66. The SMILES string of the molecule is COc1ccccc1C(=O)NC1(C(=O)NCC2CCN(c3cccc(F)c3C(=O)C(C)O)CC2)CC1. The van der Waals surface area contributed by atoms with Crippen molar-refractivity contribution < 1.29 is 28.6 Å². The Bertz CT molecular complexity index is 1140. The van der Waals surface area contributed by atoms with Gasteiger partial charge in [-0.2, -0.15) is 0 Å². The fraction of sp³-hybridized carbons (Fsp3) is 0.444. The summed E-state index contributed by atoms with van der Waals surface area (Å²) in [5, 5.41) is 15.6. The van der Waals surface area contributed by atoms with E-state index in [-0.39, 0.29) is 23.3 Å². The van der Waals surface area contributed by atoms with Crippen molar-refractivity contribution in [3.05, 3.63) is 59.4 Å². The average Bonchev–Trinajstić information content (AvgIpc) is 3.67. The first kappa shape index (κ1) is 25.6. The van der Waals surface area contributed by atoms with Gasteiger partial charge in [0.15, 0.2) is 5.78 Å². The zero-order valence-electron chi connectivity index (χ0n) is 20.6. The number of benzene rings is 2. The molecule has 0 radical (unpaired) electrons. The van der Waals surface area contributed by atoms with Crippen LogP contribution in [0.4, 0.5) is 10.1 Å². The van der Waals surface area contributed by atoms with Crippen molar-refractivity contribution in [1.29, 1.82) is 0 Å². The molecular weight excluding hydrogens is 465 g/mol. The first-order chi connectivity index (χ1) is 17.3. The lowest BCUT2D eigenvalue weighted by atomic mass is 9.94. The third kappa shape index (κ3) is 5.36. The van der Waals surface area contributed by atoms with Crippen molar-refractivity contribution >= 4 is 23.3 Å². The van der Waals surface area contributed by atoms with E-state index in [0.717, 1.165) is 12.8 Å². The number of hydrogen-bond donors (Lipinski definition) is 3. The zero-order valence-corrected chi connectivity index (χ0v) is 20.6. The first-order valence-corrected chi connectivity index (χ1v) is 12.3. The lowest BCUT2D eigenvalue weighted by molar-refractivity contribution is -0.124. The number of carbonyl (C=O) groups excluding carboxylic acids is 3. The molecule has 1 atom stereocenters. The van der Waals surface area contributed by atoms with Gasteiger partial charge in [-0.05, 0) is 62.8 Å². The molecule has 1 heterocycles. The van der Waals surface area contributed by atoms with Gasteiger partial charge in [0.25, 0.3) is 5.91 Å². The lowest BCUT2D eigenvalue weighted by Crippen LogP contribution is -2.50. The zero-order chi connectivity index (χ0) is 25.9. The van der Waals surface area contributed by atoms with Crippen molar-refractivity contribution in [2.45, 2.75) is 44.2 Å². The van der Waals surface area contributed by atoms with Crippen LogP contribution in [-0.4, -0.2) is 61.1 Å². The highest BCUT2D eigenvalue weighted by atomic mass is 19.1. The molecule has 0 aromatic heterocycles. The van der Waals surface area contributed by atoms with Gasteiger partial charge >= 0.3 is 0 Å². The molecule has 1 saturated carbocycles. The third-order valence-corrected chi connectivity index (χ3v) is 7.01. The van der Waals surface area contributed by atoms with E-state index in [2.05, 4.69) is 10.6 Å². The second kappa shape index (κ2) is 10.7. The van der Waals surface area contributed by atoms with Crippen LogP contribution in [0, 0.1) is 11.7 Å². The van der Waals surface area contributed by atoms with Crippen LogP contribution in [0.15, 0.2) is 42.5 Å². The van der Waals surface area contributed by atoms with Crippen LogP contribution < -0.4 is 20.3 Å². The highest BCUT2D eigenvalue weighted by molar-refractivity contribution is 6.04. The number of rotatable bonds is 9. The number of para-hydroxylation sites is 1. The molecule has 1 saturated heterocycles. The topological polar surface area (TPSA) is 108 Å². The molecule has 1 aliphatic carbocycles. The Morgan fingerprint density at radius 1 is 1.14 bits per heavy atom. The highest BCUT2D eigenvalue weighted by Crippen LogP contribution is 2.36. The van der Waals surface area contributed by atoms with Gasteiger partial charge in [-0.25, -0.2) is 4.39 Å². The first-order valence-electron chi connectivity index (χ1n) is 12.3. The summed E-state index contributed by atoms with van der Waals surface area (Å²) in [6.45, 7) is 3.00. The van der Waals surface area contributed by atoms with E-state index in [1.807, 2.05) is 4.90 Å². The van der Waals surface area contributed by atoms with Crippen LogP contribution in [0.1, 0.15) is 53.3 Å². The van der Waals surface area contributed by atoms with E-state index in [1.165, 1.54) is 20.1 Å². The summed E-state index contributed by atoms with van der Waals surface area (Å²) in [7, 11) is 1.50. The predicted octanol–water partition coefficient (Wildman–Crippen LogP) is 2.69. The molecule has 2 fully saturated rings. The number of nitrogens with zero attached hydrogens (tertiary/aromatic N) is 1. The summed E-state index contributed by atoms with van der Waals surface area (Å²) in [6.07, 6.45) is 1.38. The van der Waals surface area contributed by atoms with Crippen molar-refractivity contribution in [2.75, 3.05) is 31.6 Å². The molecule has 36 heavy (non-hydrogen) atoms. The summed E-state index contributed by atoms with van der Waals surface area (Å²) < 4.78 is 19.7. The van der Waals surface area contributed by atoms with Gasteiger partial charge in [0, 0.05) is 19.6 Å². The number of nitrogens with one attached hydrogen (secondary N) is 2. The maximum absolute atomic E-state index is 14.4. The van der Waals surface area contributed by atoms with E-state index >= 15 is 0 Å². The quantitative estimate of drug-likeness (QED) is 0.460. The Balaban J connectivity index is 1.31. The van der Waals surface area contributed by atoms with Crippen molar-refractivity contribution in [3.63, 3.8) is 0 Å². The average molecular weight is 498 g/mol. The standard InChI is InChI=1S/C27H32FN3O5/c1-17(32)24(33)23-20(28)7-5-8-21(23)31-14-10-18(11-15-31)16-29-26(35)27(12-13-27)30-25(34)19-6-3-4-9-22(19)36-2/h3-9,17-18,32H,10-16H2,1-2H3,(H,29,35)(H,30,34). The molecule has 9 heteroatoms. The Hall–Kier alpha value is -3.46. The molecule has 0 spiro atoms. The Morgan fingerprint density at radius 3 is 2.47 bits per heavy atom. The Kier molecular flexibility index (Phi) is 7.59. The van der Waals surface area contributed by atoms with Crippen molar-refractivity contribution in [1.82, 2.24) is 10.6 Å². The fourth-order valence-electron chi connectivity index (χ4n) is 4.66. The number of aliphatic hydroxyl groups is 1. The molecular formula is C27H32FN3O5. The van der Waals surface area contributed by atoms with Crippen molar-refractivity contribution in [3.8, 4) is 5.75 Å². The minimum absolute atomic E-state index is 0.0827. The molecule has 1 aliphatic heterocycles. The Morgan fingerprint density at radius 2 is 1.83 bits per heavy atom. The number of ether oxygens (including phenoxy) is 1. The highest BCUT2D eigenvalue weighted by Gasteiger charge is 2.51. The molecule has 2 aromatic rings. The molecule has 8 nitrogen and oxygen atoms in total. The summed E-state index contributed by atoms with van der Waals surface area (Å²) >= 11 is 0. The number of amides is 2. The summed E-state index contributed by atoms with van der Waals surface area (Å²) in [4.78, 5) is 40.0. The number of Topliss-reactive ketones (excluding diaryl/α,β-unsaturated/α-hetero) is 1. The summed E-state index contributed by atoms with van der Waals surface area (Å²) in [5.41, 5.74) is -0.103. The number of methoxy groups -OCH3 is 1. The molecule has 3 N–H and O–H groups in total. The van der Waals surface area contributed by atoms with Gasteiger partial charge in [0.2, 0.25) is 5.91 Å². The monoisotopic (exact) mass is 497 g/mol. The van der Waals surface area contributed by atoms with Gasteiger partial charge in [-0.15, -0.1) is 0 Å². The number of aliphatic hydroxyl groups excluding tert-OH is 1. The number of anilines is 1. The van der Waals surface area contributed by atoms with E-state index in [4.69, 9.17) is 4.74 Å². The van der Waals surface area contributed by atoms with Crippen molar-refractivity contribution in [2.24, 2.45) is 5.92 Å². The van der Waals surface area contributed by atoms with Crippen LogP contribution >= 0.6 is 0 Å². The van der Waals surface area contributed by atoms with E-state index in [9.17, 15) is 23.9 Å². The second-order valence-corrected chi connectivity index (χ2v) is 9.55. The number of halogens is 1. The number of ketones is 1. The van der Waals surface area contributed by atoms with Crippen LogP contribution in [0.2, 0.25) is 0 Å². The smallest absolute Gasteiger partial charge is 0.255 e. The molecule has 2 amide bonds. The molecule has 2 aliphatic rings. The maximum atomic E-state index is 14.4. The van der Waals surface area contributed by atoms with Crippen LogP contribution in [0.3, 0.4) is 0 Å². The van der Waals surface area contributed by atoms with Gasteiger partial charge in [-0.1, -0.05) is 18.2 Å². The molecule has 2 aromatic carbocycles. The second-order valence-electron chi connectivity index (χ2n) is 9.55. The van der Waals surface area contributed by atoms with E-state index in [1.54, 1.807) is 36.4 Å². The van der Waals surface area contributed by atoms with E-state index in [0.29, 0.717) is 49.5 Å². The minimum atomic E-state index is -1.29. The molecule has 192 valence electrons. The normalized spacial score (nSPS) is 17.7.